The molecule has 7 heteroatoms. The number of Topliss-reactive ketones (excluding diaryl/α,β-unsaturated/α-hetero) is 2. The minimum absolute atomic E-state index is 0.0242. The van der Waals surface area contributed by atoms with Gasteiger partial charge in [0, 0.05) is 6.42 Å². The standard InChI is InChI=1S/C15H17NO5S/c1-3-21-15(20)12-9-5-4-6-10(18)13(9)22-14(12)16-11(19)7-8(2)17/h3-7H2,1-2H3,(H,16,19). The molecule has 1 aliphatic rings. The van der Waals surface area contributed by atoms with Crippen LogP contribution in [0.1, 0.15) is 58.7 Å². The van der Waals surface area contributed by atoms with E-state index < -0.39 is 11.9 Å². The fourth-order valence-electron chi connectivity index (χ4n) is 2.37. The van der Waals surface area contributed by atoms with E-state index in [0.717, 1.165) is 11.3 Å². The van der Waals surface area contributed by atoms with Crippen LogP contribution in [0, 0.1) is 0 Å². The number of carbonyl (C=O) groups excluding carboxylic acids is 4. The van der Waals surface area contributed by atoms with E-state index in [1.165, 1.54) is 6.92 Å². The van der Waals surface area contributed by atoms with Gasteiger partial charge in [0.25, 0.3) is 0 Å². The van der Waals surface area contributed by atoms with Crippen molar-refractivity contribution < 1.29 is 23.9 Å². The van der Waals surface area contributed by atoms with Gasteiger partial charge < -0.3 is 10.1 Å². The first-order chi connectivity index (χ1) is 10.4. The second-order valence-corrected chi connectivity index (χ2v) is 6.06. The van der Waals surface area contributed by atoms with Crippen molar-refractivity contribution in [3.8, 4) is 0 Å². The van der Waals surface area contributed by atoms with E-state index in [-0.39, 0.29) is 30.2 Å². The Kier molecular flexibility index (Phi) is 5.07. The molecule has 1 aromatic rings. The number of amides is 1. The summed E-state index contributed by atoms with van der Waals surface area (Å²) < 4.78 is 5.03. The molecule has 0 fully saturated rings. The molecule has 0 atom stereocenters. The Labute approximate surface area is 131 Å². The van der Waals surface area contributed by atoms with Gasteiger partial charge in [-0.1, -0.05) is 0 Å². The van der Waals surface area contributed by atoms with Crippen molar-refractivity contribution in [1.82, 2.24) is 0 Å². The molecule has 22 heavy (non-hydrogen) atoms. The van der Waals surface area contributed by atoms with Gasteiger partial charge in [0.2, 0.25) is 5.91 Å². The number of anilines is 1. The summed E-state index contributed by atoms with van der Waals surface area (Å²) in [5, 5.41) is 2.86. The molecule has 118 valence electrons. The second kappa shape index (κ2) is 6.83. The molecule has 0 saturated heterocycles. The van der Waals surface area contributed by atoms with Crippen LogP contribution in [0.5, 0.6) is 0 Å². The van der Waals surface area contributed by atoms with E-state index in [2.05, 4.69) is 5.32 Å². The largest absolute Gasteiger partial charge is 0.462 e. The fraction of sp³-hybridized carbons (Fsp3) is 0.467. The van der Waals surface area contributed by atoms with Crippen molar-refractivity contribution in [1.29, 1.82) is 0 Å². The third kappa shape index (κ3) is 3.41. The maximum atomic E-state index is 12.2. The predicted octanol–water partition coefficient (Wildman–Crippen LogP) is 2.36. The summed E-state index contributed by atoms with van der Waals surface area (Å²) in [7, 11) is 0. The number of nitrogens with one attached hydrogen (secondary N) is 1. The number of hydrogen-bond acceptors (Lipinski definition) is 6. The number of carbonyl (C=O) groups is 4. The molecule has 1 aromatic heterocycles. The molecule has 0 unspecified atom stereocenters. The molecular formula is C15H17NO5S. The number of ether oxygens (including phenoxy) is 1. The quantitative estimate of drug-likeness (QED) is 0.663. The Morgan fingerprint density at radius 2 is 2.00 bits per heavy atom. The molecule has 6 nitrogen and oxygen atoms in total. The first kappa shape index (κ1) is 16.4. The number of thiophene rings is 1. The van der Waals surface area contributed by atoms with Crippen LogP contribution in [0.2, 0.25) is 0 Å². The van der Waals surface area contributed by atoms with E-state index in [0.29, 0.717) is 34.7 Å². The molecule has 0 saturated carbocycles. The van der Waals surface area contributed by atoms with Crippen LogP contribution in [0.4, 0.5) is 5.00 Å². The molecule has 0 bridgehead atoms. The molecule has 0 spiro atoms. The summed E-state index contributed by atoms with van der Waals surface area (Å²) in [5.74, 6) is -1.34. The lowest BCUT2D eigenvalue weighted by Crippen LogP contribution is -2.17. The lowest BCUT2D eigenvalue weighted by Gasteiger charge is -2.11. The normalized spacial score (nSPS) is 13.5. The van der Waals surface area contributed by atoms with Gasteiger partial charge in [0.1, 0.15) is 10.8 Å². The topological polar surface area (TPSA) is 89.5 Å². The van der Waals surface area contributed by atoms with E-state index in [1.54, 1.807) is 6.92 Å². The van der Waals surface area contributed by atoms with Crippen molar-refractivity contribution in [2.45, 2.75) is 39.5 Å². The molecule has 1 N–H and O–H groups in total. The van der Waals surface area contributed by atoms with Crippen LogP contribution in [0.15, 0.2) is 0 Å². The van der Waals surface area contributed by atoms with Crippen LogP contribution >= 0.6 is 11.3 Å². The monoisotopic (exact) mass is 323 g/mol. The molecule has 0 aliphatic heterocycles. The first-order valence-corrected chi connectivity index (χ1v) is 7.91. The Morgan fingerprint density at radius 3 is 2.64 bits per heavy atom. The van der Waals surface area contributed by atoms with Crippen molar-refractivity contribution in [2.24, 2.45) is 0 Å². The number of rotatable bonds is 5. The Balaban J connectivity index is 2.39. The van der Waals surface area contributed by atoms with Crippen LogP contribution < -0.4 is 5.32 Å². The summed E-state index contributed by atoms with van der Waals surface area (Å²) in [4.78, 5) is 47.5. The molecule has 1 aliphatic carbocycles. The van der Waals surface area contributed by atoms with E-state index in [1.807, 2.05) is 0 Å². The fourth-order valence-corrected chi connectivity index (χ4v) is 3.59. The number of ketones is 2. The highest BCUT2D eigenvalue weighted by molar-refractivity contribution is 7.18. The Morgan fingerprint density at radius 1 is 1.27 bits per heavy atom. The molecular weight excluding hydrogens is 306 g/mol. The van der Waals surface area contributed by atoms with Crippen molar-refractivity contribution in [2.75, 3.05) is 11.9 Å². The highest BCUT2D eigenvalue weighted by Gasteiger charge is 2.30. The van der Waals surface area contributed by atoms with E-state index in [9.17, 15) is 19.2 Å². The van der Waals surface area contributed by atoms with Gasteiger partial charge >= 0.3 is 5.97 Å². The lowest BCUT2D eigenvalue weighted by molar-refractivity contribution is -0.124. The maximum absolute atomic E-state index is 12.2. The minimum atomic E-state index is -0.548. The van der Waals surface area contributed by atoms with Crippen LogP contribution in [0.3, 0.4) is 0 Å². The SMILES string of the molecule is CCOC(=O)c1c(NC(=O)CC(C)=O)sc2c1CCCC2=O. The van der Waals surface area contributed by atoms with Crippen molar-refractivity contribution in [3.63, 3.8) is 0 Å². The zero-order chi connectivity index (χ0) is 16.3. The average Bonchev–Trinajstić information content (AvgIpc) is 2.77. The molecule has 1 amide bonds. The van der Waals surface area contributed by atoms with Gasteiger partial charge in [-0.15, -0.1) is 11.3 Å². The molecule has 1 heterocycles. The predicted molar refractivity (Wildman–Crippen MR) is 81.5 cm³/mol. The van der Waals surface area contributed by atoms with Crippen LogP contribution in [0.25, 0.3) is 0 Å². The third-order valence-corrected chi connectivity index (χ3v) is 4.42. The average molecular weight is 323 g/mol. The number of fused-ring (bicyclic) bond motifs is 1. The van der Waals surface area contributed by atoms with Gasteiger partial charge in [-0.3, -0.25) is 14.4 Å². The van der Waals surface area contributed by atoms with E-state index in [4.69, 9.17) is 4.74 Å². The van der Waals surface area contributed by atoms with Crippen molar-refractivity contribution >= 4 is 39.8 Å². The van der Waals surface area contributed by atoms with Crippen LogP contribution in [-0.4, -0.2) is 30.0 Å². The van der Waals surface area contributed by atoms with E-state index >= 15 is 0 Å². The van der Waals surface area contributed by atoms with Gasteiger partial charge in [-0.25, -0.2) is 4.79 Å². The lowest BCUT2D eigenvalue weighted by atomic mass is 9.94. The zero-order valence-electron chi connectivity index (χ0n) is 12.5. The number of hydrogen-bond donors (Lipinski definition) is 1. The maximum Gasteiger partial charge on any atom is 0.341 e. The molecule has 2 rings (SSSR count). The summed E-state index contributed by atoms with van der Waals surface area (Å²) in [6, 6.07) is 0. The smallest absolute Gasteiger partial charge is 0.341 e. The third-order valence-electron chi connectivity index (χ3n) is 3.23. The van der Waals surface area contributed by atoms with Crippen molar-refractivity contribution in [3.05, 3.63) is 16.0 Å². The van der Waals surface area contributed by atoms with Gasteiger partial charge in [0.15, 0.2) is 5.78 Å². The summed E-state index contributed by atoms with van der Waals surface area (Å²) in [6.07, 6.45) is 1.46. The highest BCUT2D eigenvalue weighted by atomic mass is 32.1. The van der Waals surface area contributed by atoms with Gasteiger partial charge in [-0.2, -0.15) is 0 Å². The minimum Gasteiger partial charge on any atom is -0.462 e. The second-order valence-electron chi connectivity index (χ2n) is 5.04. The molecule has 0 radical (unpaired) electrons. The first-order valence-electron chi connectivity index (χ1n) is 7.09. The Hall–Kier alpha value is -2.02. The highest BCUT2D eigenvalue weighted by Crippen LogP contribution is 2.38. The van der Waals surface area contributed by atoms with Gasteiger partial charge in [-0.05, 0) is 32.3 Å². The summed E-state index contributed by atoms with van der Waals surface area (Å²) in [5.41, 5.74) is 0.907. The molecule has 0 aromatic carbocycles. The Bertz CT molecular complexity index is 647. The summed E-state index contributed by atoms with van der Waals surface area (Å²) in [6.45, 7) is 3.21. The number of esters is 1. The zero-order valence-corrected chi connectivity index (χ0v) is 13.3. The van der Waals surface area contributed by atoms with Gasteiger partial charge in [0.05, 0.1) is 23.5 Å². The summed E-state index contributed by atoms with van der Waals surface area (Å²) >= 11 is 1.09. The van der Waals surface area contributed by atoms with Crippen LogP contribution in [-0.2, 0) is 20.7 Å².